The van der Waals surface area contributed by atoms with Crippen LogP contribution >= 0.6 is 0 Å². The molecule has 1 saturated heterocycles. The second-order valence-corrected chi connectivity index (χ2v) is 7.61. The normalized spacial score (nSPS) is 18.9. The predicted octanol–water partition coefficient (Wildman–Crippen LogP) is 3.07. The first kappa shape index (κ1) is 19.7. The molecule has 0 atom stereocenters. The standard InChI is InChI=1S/C21H31N3O3/c1-27-15-16-7-5-6-10-19(16)20(25)24-13-11-18(12-14-24)23-21(26)22-17-8-3-2-4-9-17/h5-7,10,17-18H,2-4,8-9,11-15H2,1H3,(H2,22,23,26). The van der Waals surface area contributed by atoms with Crippen LogP contribution in [0.1, 0.15) is 60.9 Å². The highest BCUT2D eigenvalue weighted by Gasteiger charge is 2.26. The second kappa shape index (κ2) is 9.74. The fourth-order valence-electron chi connectivity index (χ4n) is 4.07. The number of nitrogens with zero attached hydrogens (tertiary/aromatic N) is 1. The lowest BCUT2D eigenvalue weighted by atomic mass is 9.96. The van der Waals surface area contributed by atoms with E-state index in [0.29, 0.717) is 31.3 Å². The van der Waals surface area contributed by atoms with E-state index in [-0.39, 0.29) is 18.0 Å². The maximum atomic E-state index is 12.9. The molecule has 1 aliphatic carbocycles. The topological polar surface area (TPSA) is 70.7 Å². The molecule has 2 N–H and O–H groups in total. The highest BCUT2D eigenvalue weighted by molar-refractivity contribution is 5.95. The summed E-state index contributed by atoms with van der Waals surface area (Å²) in [6, 6.07) is 7.99. The van der Waals surface area contributed by atoms with Gasteiger partial charge in [0.2, 0.25) is 0 Å². The van der Waals surface area contributed by atoms with Gasteiger partial charge in [-0.3, -0.25) is 4.79 Å². The van der Waals surface area contributed by atoms with Crippen molar-refractivity contribution in [2.75, 3.05) is 20.2 Å². The molecule has 6 heteroatoms. The largest absolute Gasteiger partial charge is 0.380 e. The lowest BCUT2D eigenvalue weighted by Gasteiger charge is -2.33. The number of carbonyl (C=O) groups is 2. The van der Waals surface area contributed by atoms with Crippen molar-refractivity contribution >= 4 is 11.9 Å². The van der Waals surface area contributed by atoms with Gasteiger partial charge in [-0.15, -0.1) is 0 Å². The predicted molar refractivity (Wildman–Crippen MR) is 105 cm³/mol. The molecule has 6 nitrogen and oxygen atoms in total. The van der Waals surface area contributed by atoms with Gasteiger partial charge in [-0.05, 0) is 37.3 Å². The van der Waals surface area contributed by atoms with E-state index in [4.69, 9.17) is 4.74 Å². The Bertz CT molecular complexity index is 635. The summed E-state index contributed by atoms with van der Waals surface area (Å²) in [6.07, 6.45) is 7.43. The Morgan fingerprint density at radius 2 is 1.63 bits per heavy atom. The fraction of sp³-hybridized carbons (Fsp3) is 0.619. The fourth-order valence-corrected chi connectivity index (χ4v) is 4.07. The van der Waals surface area contributed by atoms with Crippen molar-refractivity contribution in [1.29, 1.82) is 0 Å². The van der Waals surface area contributed by atoms with Crippen molar-refractivity contribution in [3.8, 4) is 0 Å². The molecule has 0 bridgehead atoms. The van der Waals surface area contributed by atoms with Crippen LogP contribution in [0.4, 0.5) is 4.79 Å². The first-order chi connectivity index (χ1) is 13.2. The lowest BCUT2D eigenvalue weighted by molar-refractivity contribution is 0.0703. The number of carbonyl (C=O) groups excluding carboxylic acids is 2. The van der Waals surface area contributed by atoms with Gasteiger partial charge in [0.25, 0.3) is 5.91 Å². The van der Waals surface area contributed by atoms with Crippen molar-refractivity contribution in [2.24, 2.45) is 0 Å². The lowest BCUT2D eigenvalue weighted by Crippen LogP contribution is -2.51. The number of hydrogen-bond donors (Lipinski definition) is 2. The smallest absolute Gasteiger partial charge is 0.315 e. The third-order valence-electron chi connectivity index (χ3n) is 5.61. The molecule has 1 aromatic rings. The van der Waals surface area contributed by atoms with Gasteiger partial charge in [-0.2, -0.15) is 0 Å². The van der Waals surface area contributed by atoms with Crippen LogP contribution in [0.2, 0.25) is 0 Å². The number of methoxy groups -OCH3 is 1. The minimum Gasteiger partial charge on any atom is -0.380 e. The summed E-state index contributed by atoms with van der Waals surface area (Å²) >= 11 is 0. The van der Waals surface area contributed by atoms with Crippen LogP contribution in [-0.2, 0) is 11.3 Å². The Hall–Kier alpha value is -2.08. The zero-order chi connectivity index (χ0) is 19.1. The summed E-state index contributed by atoms with van der Waals surface area (Å²) in [5, 5.41) is 6.19. The van der Waals surface area contributed by atoms with Crippen molar-refractivity contribution in [1.82, 2.24) is 15.5 Å². The third-order valence-corrected chi connectivity index (χ3v) is 5.61. The number of urea groups is 1. The molecule has 27 heavy (non-hydrogen) atoms. The van der Waals surface area contributed by atoms with Crippen LogP contribution < -0.4 is 10.6 Å². The Balaban J connectivity index is 1.47. The van der Waals surface area contributed by atoms with Gasteiger partial charge in [0.05, 0.1) is 6.61 Å². The minimum absolute atomic E-state index is 0.0488. The Kier molecular flexibility index (Phi) is 7.10. The molecule has 2 fully saturated rings. The van der Waals surface area contributed by atoms with Crippen LogP contribution in [0.15, 0.2) is 24.3 Å². The van der Waals surface area contributed by atoms with Crippen molar-refractivity contribution in [3.63, 3.8) is 0 Å². The number of rotatable bonds is 5. The van der Waals surface area contributed by atoms with Gasteiger partial charge in [0, 0.05) is 37.8 Å². The van der Waals surface area contributed by atoms with Crippen LogP contribution in [0, 0.1) is 0 Å². The van der Waals surface area contributed by atoms with Gasteiger partial charge in [-0.25, -0.2) is 4.79 Å². The number of likely N-dealkylation sites (tertiary alicyclic amines) is 1. The molecule has 148 valence electrons. The van der Waals surface area contributed by atoms with E-state index in [9.17, 15) is 9.59 Å². The molecule has 1 saturated carbocycles. The number of hydrogen-bond acceptors (Lipinski definition) is 3. The van der Waals surface area contributed by atoms with Crippen LogP contribution in [0.5, 0.6) is 0 Å². The van der Waals surface area contributed by atoms with E-state index in [1.165, 1.54) is 19.3 Å². The third kappa shape index (κ3) is 5.45. The molecule has 3 amide bonds. The highest BCUT2D eigenvalue weighted by atomic mass is 16.5. The SMILES string of the molecule is COCc1ccccc1C(=O)N1CCC(NC(=O)NC2CCCCC2)CC1. The molecular weight excluding hydrogens is 342 g/mol. The maximum Gasteiger partial charge on any atom is 0.315 e. The summed E-state index contributed by atoms with van der Waals surface area (Å²) in [5.41, 5.74) is 1.62. The summed E-state index contributed by atoms with van der Waals surface area (Å²) in [6.45, 7) is 1.75. The van der Waals surface area contributed by atoms with E-state index in [0.717, 1.165) is 31.2 Å². The van der Waals surface area contributed by atoms with Gasteiger partial charge in [-0.1, -0.05) is 37.5 Å². The van der Waals surface area contributed by atoms with Gasteiger partial charge < -0.3 is 20.3 Å². The summed E-state index contributed by atoms with van der Waals surface area (Å²) in [4.78, 5) is 27.0. The van der Waals surface area contributed by atoms with E-state index < -0.39 is 0 Å². The van der Waals surface area contributed by atoms with Gasteiger partial charge in [0.15, 0.2) is 0 Å². The number of piperidine rings is 1. The number of benzene rings is 1. The molecule has 0 aromatic heterocycles. The first-order valence-electron chi connectivity index (χ1n) is 10.1. The van der Waals surface area contributed by atoms with Crippen LogP contribution in [0.25, 0.3) is 0 Å². The van der Waals surface area contributed by atoms with Crippen molar-refractivity contribution in [3.05, 3.63) is 35.4 Å². The molecule has 2 aliphatic rings. The molecular formula is C21H31N3O3. The van der Waals surface area contributed by atoms with Crippen LogP contribution in [-0.4, -0.2) is 49.1 Å². The number of ether oxygens (including phenoxy) is 1. The Morgan fingerprint density at radius 1 is 1.00 bits per heavy atom. The van der Waals surface area contributed by atoms with Crippen molar-refractivity contribution in [2.45, 2.75) is 63.6 Å². The molecule has 1 aromatic carbocycles. The van der Waals surface area contributed by atoms with Crippen LogP contribution in [0.3, 0.4) is 0 Å². The minimum atomic E-state index is -0.0582. The molecule has 3 rings (SSSR count). The quantitative estimate of drug-likeness (QED) is 0.833. The number of nitrogens with one attached hydrogen (secondary N) is 2. The zero-order valence-corrected chi connectivity index (χ0v) is 16.2. The Labute approximate surface area is 161 Å². The highest BCUT2D eigenvalue weighted by Crippen LogP contribution is 2.19. The molecule has 0 unspecified atom stereocenters. The molecule has 0 radical (unpaired) electrons. The summed E-state index contributed by atoms with van der Waals surface area (Å²) < 4.78 is 5.20. The molecule has 1 aliphatic heterocycles. The maximum absolute atomic E-state index is 12.9. The van der Waals surface area contributed by atoms with E-state index >= 15 is 0 Å². The monoisotopic (exact) mass is 373 g/mol. The number of amides is 3. The molecule has 1 heterocycles. The summed E-state index contributed by atoms with van der Waals surface area (Å²) in [5.74, 6) is 0.0488. The summed E-state index contributed by atoms with van der Waals surface area (Å²) in [7, 11) is 1.64. The Morgan fingerprint density at radius 3 is 2.30 bits per heavy atom. The first-order valence-corrected chi connectivity index (χ1v) is 10.1. The second-order valence-electron chi connectivity index (χ2n) is 7.61. The van der Waals surface area contributed by atoms with E-state index in [1.54, 1.807) is 7.11 Å². The van der Waals surface area contributed by atoms with Crippen molar-refractivity contribution < 1.29 is 14.3 Å². The van der Waals surface area contributed by atoms with E-state index in [2.05, 4.69) is 10.6 Å². The van der Waals surface area contributed by atoms with E-state index in [1.807, 2.05) is 29.2 Å². The average molecular weight is 373 g/mol. The van der Waals surface area contributed by atoms with Gasteiger partial charge >= 0.3 is 6.03 Å². The zero-order valence-electron chi connectivity index (χ0n) is 16.2. The van der Waals surface area contributed by atoms with Gasteiger partial charge in [0.1, 0.15) is 0 Å². The molecule has 0 spiro atoms. The average Bonchev–Trinajstić information content (AvgIpc) is 2.69.